The molecule has 0 N–H and O–H groups in total. The number of methoxy groups -OCH3 is 1. The number of carbonyl (C=O) groups excluding carboxylic acids is 1. The summed E-state index contributed by atoms with van der Waals surface area (Å²) >= 11 is 5.04. The summed E-state index contributed by atoms with van der Waals surface area (Å²) in [5.74, 6) is 0.587. The molecule has 84 valence electrons. The van der Waals surface area contributed by atoms with E-state index < -0.39 is 0 Å². The van der Waals surface area contributed by atoms with Gasteiger partial charge in [-0.05, 0) is 33.3 Å². The van der Waals surface area contributed by atoms with Gasteiger partial charge in [-0.3, -0.25) is 4.79 Å². The first-order valence-corrected chi connectivity index (χ1v) is 6.53. The van der Waals surface area contributed by atoms with Crippen molar-refractivity contribution in [1.82, 2.24) is 0 Å². The second-order valence-corrected chi connectivity index (χ2v) is 5.53. The van der Waals surface area contributed by atoms with Crippen LogP contribution in [0.15, 0.2) is 15.9 Å². The van der Waals surface area contributed by atoms with E-state index in [9.17, 15) is 4.79 Å². The lowest BCUT2D eigenvalue weighted by molar-refractivity contribution is -0.119. The first-order chi connectivity index (χ1) is 7.13. The molecule has 0 aliphatic carbocycles. The summed E-state index contributed by atoms with van der Waals surface area (Å²) in [5, 5.41) is 1.99. The highest BCUT2D eigenvalue weighted by Crippen LogP contribution is 2.23. The quantitative estimate of drug-likeness (QED) is 0.804. The van der Waals surface area contributed by atoms with Crippen molar-refractivity contribution in [1.29, 1.82) is 0 Å². The molecule has 0 radical (unpaired) electrons. The Morgan fingerprint density at radius 1 is 1.67 bits per heavy atom. The lowest BCUT2D eigenvalue weighted by Gasteiger charge is -2.08. The number of ketones is 1. The number of hydrogen-bond acceptors (Lipinski definition) is 3. The van der Waals surface area contributed by atoms with E-state index in [1.54, 1.807) is 18.4 Å². The molecule has 4 heteroatoms. The van der Waals surface area contributed by atoms with E-state index >= 15 is 0 Å². The summed E-state index contributed by atoms with van der Waals surface area (Å²) in [4.78, 5) is 12.8. The van der Waals surface area contributed by atoms with E-state index in [0.29, 0.717) is 25.4 Å². The Morgan fingerprint density at radius 3 is 2.93 bits per heavy atom. The minimum atomic E-state index is 0.280. The van der Waals surface area contributed by atoms with Crippen molar-refractivity contribution in [2.45, 2.75) is 19.8 Å². The van der Waals surface area contributed by atoms with Crippen LogP contribution in [0.1, 0.15) is 18.2 Å². The number of thiophene rings is 1. The Morgan fingerprint density at radius 2 is 2.40 bits per heavy atom. The number of carbonyl (C=O) groups is 1. The van der Waals surface area contributed by atoms with Crippen LogP contribution in [0.2, 0.25) is 0 Å². The van der Waals surface area contributed by atoms with Crippen LogP contribution in [-0.2, 0) is 16.0 Å². The third kappa shape index (κ3) is 4.45. The zero-order chi connectivity index (χ0) is 11.3. The summed E-state index contributed by atoms with van der Waals surface area (Å²) in [6.07, 6.45) is 1.13. The lowest BCUT2D eigenvalue weighted by atomic mass is 10.0. The van der Waals surface area contributed by atoms with Crippen LogP contribution in [0.4, 0.5) is 0 Å². The molecule has 1 heterocycles. The molecule has 0 saturated heterocycles. The second kappa shape index (κ2) is 6.40. The van der Waals surface area contributed by atoms with Crippen LogP contribution in [0.5, 0.6) is 0 Å². The molecule has 15 heavy (non-hydrogen) atoms. The maximum Gasteiger partial charge on any atom is 0.138 e. The maximum absolute atomic E-state index is 11.7. The van der Waals surface area contributed by atoms with E-state index in [-0.39, 0.29) is 5.78 Å². The van der Waals surface area contributed by atoms with Crippen LogP contribution in [0.25, 0.3) is 0 Å². The van der Waals surface area contributed by atoms with Gasteiger partial charge in [0.2, 0.25) is 0 Å². The minimum Gasteiger partial charge on any atom is -0.384 e. The molecule has 2 nitrogen and oxygen atoms in total. The van der Waals surface area contributed by atoms with Gasteiger partial charge in [0.1, 0.15) is 5.78 Å². The predicted octanol–water partition coefficient (Wildman–Crippen LogP) is 3.29. The Kier molecular flexibility index (Phi) is 5.50. The number of hydrogen-bond donors (Lipinski definition) is 0. The average Bonchev–Trinajstić information content (AvgIpc) is 2.52. The van der Waals surface area contributed by atoms with E-state index in [1.807, 2.05) is 18.4 Å². The van der Waals surface area contributed by atoms with Crippen molar-refractivity contribution in [3.8, 4) is 0 Å². The molecule has 1 aromatic rings. The fourth-order valence-electron chi connectivity index (χ4n) is 1.43. The van der Waals surface area contributed by atoms with Gasteiger partial charge in [-0.1, -0.05) is 6.92 Å². The van der Waals surface area contributed by atoms with Crippen molar-refractivity contribution in [2.75, 3.05) is 13.7 Å². The zero-order valence-electron chi connectivity index (χ0n) is 8.96. The van der Waals surface area contributed by atoms with Crippen molar-refractivity contribution in [3.05, 3.63) is 20.8 Å². The molecular weight excluding hydrogens is 276 g/mol. The standard InChI is InChI=1S/C11H15BrO2S/c1-8(7-14-2)5-9(13)6-11-10(12)3-4-15-11/h3-4,8H,5-7H2,1-2H3. The van der Waals surface area contributed by atoms with E-state index in [0.717, 1.165) is 9.35 Å². The van der Waals surface area contributed by atoms with Gasteiger partial charge in [-0.25, -0.2) is 0 Å². The molecule has 0 bridgehead atoms. The van der Waals surface area contributed by atoms with Crippen molar-refractivity contribution in [3.63, 3.8) is 0 Å². The molecule has 1 rings (SSSR count). The van der Waals surface area contributed by atoms with Gasteiger partial charge in [-0.2, -0.15) is 0 Å². The molecule has 1 unspecified atom stereocenters. The third-order valence-electron chi connectivity index (χ3n) is 2.08. The molecule has 1 atom stereocenters. The Labute approximate surface area is 103 Å². The third-order valence-corrected chi connectivity index (χ3v) is 4.00. The largest absolute Gasteiger partial charge is 0.384 e. The predicted molar refractivity (Wildman–Crippen MR) is 66.4 cm³/mol. The topological polar surface area (TPSA) is 26.3 Å². The molecular formula is C11H15BrO2S. The van der Waals surface area contributed by atoms with Crippen LogP contribution in [0, 0.1) is 5.92 Å². The normalized spacial score (nSPS) is 12.7. The number of halogens is 1. The Bertz CT molecular complexity index is 322. The smallest absolute Gasteiger partial charge is 0.138 e. The summed E-state index contributed by atoms with van der Waals surface area (Å²) in [6.45, 7) is 2.68. The molecule has 0 spiro atoms. The lowest BCUT2D eigenvalue weighted by Crippen LogP contribution is -2.12. The summed E-state index contributed by atoms with van der Waals surface area (Å²) in [7, 11) is 1.66. The minimum absolute atomic E-state index is 0.280. The number of Topliss-reactive ketones (excluding diaryl/α,β-unsaturated/α-hetero) is 1. The van der Waals surface area contributed by atoms with E-state index in [4.69, 9.17) is 4.74 Å². The van der Waals surface area contributed by atoms with Crippen molar-refractivity contribution in [2.24, 2.45) is 5.92 Å². The van der Waals surface area contributed by atoms with Gasteiger partial charge in [0, 0.05) is 35.9 Å². The molecule has 0 amide bonds. The fourth-order valence-corrected chi connectivity index (χ4v) is 2.96. The highest BCUT2D eigenvalue weighted by Gasteiger charge is 2.12. The summed E-state index contributed by atoms with van der Waals surface area (Å²) in [6, 6.07) is 1.98. The van der Waals surface area contributed by atoms with Gasteiger partial charge < -0.3 is 4.74 Å². The number of rotatable bonds is 6. The summed E-state index contributed by atoms with van der Waals surface area (Å²) < 4.78 is 6.05. The first-order valence-electron chi connectivity index (χ1n) is 4.86. The van der Waals surface area contributed by atoms with Gasteiger partial charge in [-0.15, -0.1) is 11.3 Å². The fraction of sp³-hybridized carbons (Fsp3) is 0.545. The SMILES string of the molecule is COCC(C)CC(=O)Cc1sccc1Br. The molecule has 0 aliphatic heterocycles. The van der Waals surface area contributed by atoms with Gasteiger partial charge in [0.05, 0.1) is 0 Å². The summed E-state index contributed by atoms with van der Waals surface area (Å²) in [5.41, 5.74) is 0. The van der Waals surface area contributed by atoms with Crippen molar-refractivity contribution >= 4 is 33.0 Å². The monoisotopic (exact) mass is 290 g/mol. The molecule has 0 fully saturated rings. The van der Waals surface area contributed by atoms with Crippen molar-refractivity contribution < 1.29 is 9.53 Å². The Hall–Kier alpha value is -0.190. The van der Waals surface area contributed by atoms with E-state index in [1.165, 1.54) is 0 Å². The van der Waals surface area contributed by atoms with Gasteiger partial charge in [0.15, 0.2) is 0 Å². The van der Waals surface area contributed by atoms with Crippen LogP contribution in [-0.4, -0.2) is 19.5 Å². The average molecular weight is 291 g/mol. The zero-order valence-corrected chi connectivity index (χ0v) is 11.4. The van der Waals surface area contributed by atoms with Gasteiger partial charge >= 0.3 is 0 Å². The second-order valence-electron chi connectivity index (χ2n) is 3.67. The van der Waals surface area contributed by atoms with Crippen LogP contribution < -0.4 is 0 Å². The molecule has 1 aromatic heterocycles. The first kappa shape index (κ1) is 12.9. The molecule has 0 saturated carbocycles. The molecule has 0 aromatic carbocycles. The number of ether oxygens (including phenoxy) is 1. The highest BCUT2D eigenvalue weighted by molar-refractivity contribution is 9.10. The molecule has 0 aliphatic rings. The van der Waals surface area contributed by atoms with Crippen LogP contribution >= 0.6 is 27.3 Å². The van der Waals surface area contributed by atoms with E-state index in [2.05, 4.69) is 15.9 Å². The van der Waals surface area contributed by atoms with Gasteiger partial charge in [0.25, 0.3) is 0 Å². The Balaban J connectivity index is 2.40. The highest BCUT2D eigenvalue weighted by atomic mass is 79.9. The van der Waals surface area contributed by atoms with Crippen LogP contribution in [0.3, 0.4) is 0 Å². The maximum atomic E-state index is 11.7.